The molecule has 4 fully saturated rings. The second-order valence-electron chi connectivity index (χ2n) is 6.63. The van der Waals surface area contributed by atoms with Crippen molar-refractivity contribution in [2.75, 3.05) is 5.73 Å². The number of nitrogens with two attached hydrogens (primary N) is 1. The van der Waals surface area contributed by atoms with Gasteiger partial charge in [0.05, 0.1) is 6.04 Å². The first kappa shape index (κ1) is 11.3. The van der Waals surface area contributed by atoms with E-state index in [9.17, 15) is 9.90 Å². The van der Waals surface area contributed by atoms with E-state index in [0.29, 0.717) is 17.7 Å². The Morgan fingerprint density at radius 1 is 1.21 bits per heavy atom. The molecule has 4 aliphatic rings. The number of carboxylic acid groups (broad SMARTS) is 1. The quantitative estimate of drug-likeness (QED) is 0.854. The Bertz CT molecular complexity index is 509. The van der Waals surface area contributed by atoms with Gasteiger partial charge in [-0.1, -0.05) is 0 Å². The molecule has 0 amide bonds. The molecule has 0 radical (unpaired) electrons. The third-order valence-corrected chi connectivity index (χ3v) is 5.43. The standard InChI is InChI=1S/C14H19N3O2/c15-12-6-11(14(18)19)17(16-12)13-9-2-7-1-8(4-9)5-10(13)3-7/h6-10,13H,1-5H2,(H2,15,16)(H,18,19). The SMILES string of the molecule is Nc1cc(C(=O)O)n(C2C3CC4CC(C3)CC2C4)n1. The summed E-state index contributed by atoms with van der Waals surface area (Å²) in [4.78, 5) is 11.4. The minimum absolute atomic E-state index is 0.259. The average Bonchev–Trinajstić information content (AvgIpc) is 2.70. The number of carbonyl (C=O) groups is 1. The van der Waals surface area contributed by atoms with Gasteiger partial charge in [-0.25, -0.2) is 4.79 Å². The van der Waals surface area contributed by atoms with Crippen LogP contribution in [-0.4, -0.2) is 20.9 Å². The molecule has 0 saturated heterocycles. The summed E-state index contributed by atoms with van der Waals surface area (Å²) in [6, 6.07) is 1.75. The highest BCUT2D eigenvalue weighted by Crippen LogP contribution is 2.58. The second kappa shape index (κ2) is 3.74. The lowest BCUT2D eigenvalue weighted by Gasteiger charge is -2.54. The van der Waals surface area contributed by atoms with Crippen LogP contribution in [-0.2, 0) is 0 Å². The Balaban J connectivity index is 1.74. The predicted octanol–water partition coefficient (Wildman–Crippen LogP) is 2.16. The van der Waals surface area contributed by atoms with Crippen LogP contribution in [0, 0.1) is 23.7 Å². The van der Waals surface area contributed by atoms with E-state index in [4.69, 9.17) is 5.73 Å². The predicted molar refractivity (Wildman–Crippen MR) is 69.7 cm³/mol. The summed E-state index contributed by atoms with van der Waals surface area (Å²) in [5.74, 6) is 2.37. The molecule has 5 heteroatoms. The third kappa shape index (κ3) is 1.60. The fourth-order valence-electron chi connectivity index (χ4n) is 5.10. The number of hydrogen-bond donors (Lipinski definition) is 2. The number of aromatic carboxylic acids is 1. The minimum atomic E-state index is -0.919. The molecule has 5 rings (SSSR count). The van der Waals surface area contributed by atoms with Crippen molar-refractivity contribution in [3.8, 4) is 0 Å². The van der Waals surface area contributed by atoms with Crippen molar-refractivity contribution >= 4 is 11.8 Å². The van der Waals surface area contributed by atoms with Gasteiger partial charge in [0.15, 0.2) is 0 Å². The fraction of sp³-hybridized carbons (Fsp3) is 0.714. The number of hydrogen-bond acceptors (Lipinski definition) is 3. The zero-order chi connectivity index (χ0) is 13.1. The van der Waals surface area contributed by atoms with E-state index < -0.39 is 5.97 Å². The number of aromatic nitrogens is 2. The Kier molecular flexibility index (Phi) is 2.23. The van der Waals surface area contributed by atoms with Crippen molar-refractivity contribution in [2.24, 2.45) is 23.7 Å². The van der Waals surface area contributed by atoms with Crippen LogP contribution in [0.2, 0.25) is 0 Å². The molecule has 0 atom stereocenters. The van der Waals surface area contributed by atoms with E-state index in [1.807, 2.05) is 0 Å². The van der Waals surface area contributed by atoms with Gasteiger partial charge in [0, 0.05) is 6.07 Å². The van der Waals surface area contributed by atoms with Gasteiger partial charge in [0.2, 0.25) is 0 Å². The third-order valence-electron chi connectivity index (χ3n) is 5.43. The summed E-state index contributed by atoms with van der Waals surface area (Å²) >= 11 is 0. The van der Waals surface area contributed by atoms with E-state index >= 15 is 0 Å². The molecular weight excluding hydrogens is 242 g/mol. The van der Waals surface area contributed by atoms with Crippen LogP contribution in [0.25, 0.3) is 0 Å². The van der Waals surface area contributed by atoms with Gasteiger partial charge in [-0.3, -0.25) is 4.68 Å². The zero-order valence-electron chi connectivity index (χ0n) is 10.8. The number of rotatable bonds is 2. The van der Waals surface area contributed by atoms with E-state index in [1.165, 1.54) is 38.2 Å². The average molecular weight is 261 g/mol. The summed E-state index contributed by atoms with van der Waals surface area (Å²) in [7, 11) is 0. The molecule has 3 N–H and O–H groups in total. The molecular formula is C14H19N3O2. The highest BCUT2D eigenvalue weighted by atomic mass is 16.4. The number of nitrogen functional groups attached to an aromatic ring is 1. The van der Waals surface area contributed by atoms with Gasteiger partial charge in [-0.05, 0) is 55.8 Å². The molecule has 5 nitrogen and oxygen atoms in total. The Morgan fingerprint density at radius 2 is 1.79 bits per heavy atom. The zero-order valence-corrected chi connectivity index (χ0v) is 10.8. The molecule has 4 bridgehead atoms. The summed E-state index contributed by atoms with van der Waals surface area (Å²) in [5, 5.41) is 13.6. The molecule has 19 heavy (non-hydrogen) atoms. The number of anilines is 1. The lowest BCUT2D eigenvalue weighted by Crippen LogP contribution is -2.46. The van der Waals surface area contributed by atoms with Gasteiger partial charge in [-0.2, -0.15) is 5.10 Å². The van der Waals surface area contributed by atoms with E-state index in [1.54, 1.807) is 4.68 Å². The fourth-order valence-corrected chi connectivity index (χ4v) is 5.10. The molecule has 0 spiro atoms. The van der Waals surface area contributed by atoms with Crippen LogP contribution >= 0.6 is 0 Å². The Hall–Kier alpha value is -1.52. The number of nitrogens with zero attached hydrogens (tertiary/aromatic N) is 2. The van der Waals surface area contributed by atoms with Crippen molar-refractivity contribution in [2.45, 2.75) is 38.1 Å². The highest BCUT2D eigenvalue weighted by molar-refractivity contribution is 5.86. The molecule has 4 aliphatic carbocycles. The molecule has 1 heterocycles. The van der Waals surface area contributed by atoms with Gasteiger partial charge >= 0.3 is 5.97 Å². The van der Waals surface area contributed by atoms with Crippen molar-refractivity contribution < 1.29 is 9.90 Å². The first-order valence-corrected chi connectivity index (χ1v) is 7.20. The van der Waals surface area contributed by atoms with Crippen molar-refractivity contribution in [3.63, 3.8) is 0 Å². The van der Waals surface area contributed by atoms with Crippen molar-refractivity contribution in [1.29, 1.82) is 0 Å². The molecule has 4 saturated carbocycles. The highest BCUT2D eigenvalue weighted by Gasteiger charge is 2.49. The lowest BCUT2D eigenvalue weighted by molar-refractivity contribution is -0.0346. The van der Waals surface area contributed by atoms with Crippen LogP contribution in [0.1, 0.15) is 48.6 Å². The van der Waals surface area contributed by atoms with Crippen molar-refractivity contribution in [1.82, 2.24) is 9.78 Å². The number of carboxylic acids is 1. The first-order valence-electron chi connectivity index (χ1n) is 7.20. The Labute approximate surface area is 111 Å². The maximum Gasteiger partial charge on any atom is 0.354 e. The largest absolute Gasteiger partial charge is 0.477 e. The van der Waals surface area contributed by atoms with Crippen LogP contribution in [0.15, 0.2) is 6.07 Å². The second-order valence-corrected chi connectivity index (χ2v) is 6.63. The molecule has 1 aromatic rings. The molecule has 1 aromatic heterocycles. The molecule has 0 aromatic carbocycles. The monoisotopic (exact) mass is 261 g/mol. The van der Waals surface area contributed by atoms with E-state index in [0.717, 1.165) is 11.8 Å². The topological polar surface area (TPSA) is 81.1 Å². The molecule has 102 valence electrons. The summed E-state index contributed by atoms with van der Waals surface area (Å²) in [5.41, 5.74) is 5.97. The summed E-state index contributed by atoms with van der Waals surface area (Å²) < 4.78 is 1.73. The smallest absolute Gasteiger partial charge is 0.354 e. The van der Waals surface area contributed by atoms with Gasteiger partial charge in [0.1, 0.15) is 11.5 Å². The maximum atomic E-state index is 11.4. The molecule has 0 aliphatic heterocycles. The summed E-state index contributed by atoms with van der Waals surface area (Å²) in [6.45, 7) is 0. The Morgan fingerprint density at radius 3 is 2.32 bits per heavy atom. The van der Waals surface area contributed by atoms with Crippen LogP contribution in [0.4, 0.5) is 5.82 Å². The first-order chi connectivity index (χ1) is 9.11. The van der Waals surface area contributed by atoms with Crippen LogP contribution in [0.5, 0.6) is 0 Å². The molecule has 0 unspecified atom stereocenters. The lowest BCUT2D eigenvalue weighted by atomic mass is 9.54. The maximum absolute atomic E-state index is 11.4. The van der Waals surface area contributed by atoms with Crippen molar-refractivity contribution in [3.05, 3.63) is 11.8 Å². The summed E-state index contributed by atoms with van der Waals surface area (Å²) in [6.07, 6.45) is 6.38. The minimum Gasteiger partial charge on any atom is -0.477 e. The van der Waals surface area contributed by atoms with Crippen LogP contribution in [0.3, 0.4) is 0 Å². The van der Waals surface area contributed by atoms with Gasteiger partial charge in [0.25, 0.3) is 0 Å². The van der Waals surface area contributed by atoms with Gasteiger partial charge in [-0.15, -0.1) is 0 Å². The van der Waals surface area contributed by atoms with E-state index in [2.05, 4.69) is 5.10 Å². The van der Waals surface area contributed by atoms with E-state index in [-0.39, 0.29) is 11.7 Å². The normalized spacial score (nSPS) is 39.7. The van der Waals surface area contributed by atoms with Crippen LogP contribution < -0.4 is 5.73 Å². The van der Waals surface area contributed by atoms with Gasteiger partial charge < -0.3 is 10.8 Å².